The Labute approximate surface area is 128 Å². The molecule has 0 aliphatic heterocycles. The van der Waals surface area contributed by atoms with Crippen LogP contribution in [-0.2, 0) is 6.42 Å². The first kappa shape index (κ1) is 15.6. The van der Waals surface area contributed by atoms with Gasteiger partial charge in [-0.05, 0) is 24.1 Å². The zero-order chi connectivity index (χ0) is 15.3. The van der Waals surface area contributed by atoms with Crippen molar-refractivity contribution in [1.29, 1.82) is 0 Å². The van der Waals surface area contributed by atoms with Gasteiger partial charge in [-0.25, -0.2) is 0 Å². The second kappa shape index (κ2) is 6.77. The van der Waals surface area contributed by atoms with E-state index in [4.69, 9.17) is 4.74 Å². The van der Waals surface area contributed by atoms with Gasteiger partial charge in [0.25, 0.3) is 0 Å². The van der Waals surface area contributed by atoms with E-state index in [0.717, 1.165) is 23.3 Å². The number of quaternary nitrogens is 1. The minimum Gasteiger partial charge on any atom is -0.487 e. The van der Waals surface area contributed by atoms with Crippen molar-refractivity contribution in [2.24, 2.45) is 0 Å². The summed E-state index contributed by atoms with van der Waals surface area (Å²) in [4.78, 5) is 0. The van der Waals surface area contributed by atoms with Crippen LogP contribution in [0.3, 0.4) is 0 Å². The van der Waals surface area contributed by atoms with Crippen molar-refractivity contribution in [1.82, 2.24) is 0 Å². The van der Waals surface area contributed by atoms with Crippen molar-refractivity contribution < 1.29 is 9.22 Å². The third kappa shape index (κ3) is 4.61. The summed E-state index contributed by atoms with van der Waals surface area (Å²) in [5, 5.41) is 0. The second-order valence-electron chi connectivity index (χ2n) is 6.55. The summed E-state index contributed by atoms with van der Waals surface area (Å²) in [6, 6.07) is 19.3. The van der Waals surface area contributed by atoms with Gasteiger partial charge >= 0.3 is 0 Å². The number of likely N-dealkylation sites (N-methyl/N-ethyl adjacent to an activating group) is 1. The van der Waals surface area contributed by atoms with Crippen molar-refractivity contribution in [2.75, 3.05) is 27.7 Å². The van der Waals surface area contributed by atoms with Crippen molar-refractivity contribution in [3.63, 3.8) is 0 Å². The largest absolute Gasteiger partial charge is 0.487 e. The minimum atomic E-state index is 0.454. The van der Waals surface area contributed by atoms with Gasteiger partial charge in [0.2, 0.25) is 0 Å². The highest BCUT2D eigenvalue weighted by atomic mass is 16.5. The molecule has 21 heavy (non-hydrogen) atoms. The minimum absolute atomic E-state index is 0.454. The number of benzene rings is 2. The zero-order valence-electron chi connectivity index (χ0n) is 13.5. The van der Waals surface area contributed by atoms with Crippen LogP contribution in [-0.4, -0.2) is 38.3 Å². The highest BCUT2D eigenvalue weighted by Crippen LogP contribution is 2.22. The van der Waals surface area contributed by atoms with Gasteiger partial charge in [-0.3, -0.25) is 0 Å². The van der Waals surface area contributed by atoms with Crippen molar-refractivity contribution in [3.05, 3.63) is 65.7 Å². The summed E-state index contributed by atoms with van der Waals surface area (Å²) in [6.07, 6.45) is 0.912. The van der Waals surface area contributed by atoms with Crippen LogP contribution in [0.1, 0.15) is 18.1 Å². The van der Waals surface area contributed by atoms with Gasteiger partial charge in [0.1, 0.15) is 18.4 Å². The molecule has 1 unspecified atom stereocenters. The maximum atomic E-state index is 6.08. The summed E-state index contributed by atoms with van der Waals surface area (Å²) in [5.41, 5.74) is 2.56. The molecule has 0 fully saturated rings. The van der Waals surface area contributed by atoms with E-state index >= 15 is 0 Å². The van der Waals surface area contributed by atoms with Gasteiger partial charge < -0.3 is 9.22 Å². The molecular formula is C19H26NO+. The molecule has 0 spiro atoms. The van der Waals surface area contributed by atoms with Gasteiger partial charge in [-0.15, -0.1) is 0 Å². The molecule has 2 aromatic carbocycles. The lowest BCUT2D eigenvalue weighted by Gasteiger charge is -2.31. The third-order valence-electron chi connectivity index (χ3n) is 4.01. The number of ether oxygens (including phenoxy) is 1. The van der Waals surface area contributed by atoms with E-state index < -0.39 is 0 Å². The van der Waals surface area contributed by atoms with E-state index in [-0.39, 0.29) is 0 Å². The standard InChI is InChI=1S/C19H26NO/c1-16(20(2,3)4)15-21-19-13-9-8-12-18(19)14-17-10-6-5-7-11-17/h5-13,16H,14-15H2,1-4H3/q+1. The first-order valence-corrected chi connectivity index (χ1v) is 7.52. The quantitative estimate of drug-likeness (QED) is 0.734. The molecule has 2 aromatic rings. The molecule has 1 atom stereocenters. The molecule has 2 nitrogen and oxygen atoms in total. The molecule has 2 rings (SSSR count). The smallest absolute Gasteiger partial charge is 0.140 e. The monoisotopic (exact) mass is 284 g/mol. The highest BCUT2D eigenvalue weighted by Gasteiger charge is 2.19. The van der Waals surface area contributed by atoms with E-state index in [2.05, 4.69) is 76.6 Å². The molecule has 0 aromatic heterocycles. The molecule has 112 valence electrons. The fourth-order valence-electron chi connectivity index (χ4n) is 2.04. The van der Waals surface area contributed by atoms with Crippen LogP contribution < -0.4 is 4.74 Å². The summed E-state index contributed by atoms with van der Waals surface area (Å²) in [6.45, 7) is 2.95. The SMILES string of the molecule is CC(COc1ccccc1Cc1ccccc1)[N+](C)(C)C. The van der Waals surface area contributed by atoms with E-state index in [1.165, 1.54) is 11.1 Å². The lowest BCUT2D eigenvalue weighted by Crippen LogP contribution is -2.46. The molecule has 0 bridgehead atoms. The fourth-order valence-corrected chi connectivity index (χ4v) is 2.04. The first-order chi connectivity index (χ1) is 9.97. The number of para-hydroxylation sites is 1. The predicted octanol–water partition coefficient (Wildman–Crippen LogP) is 3.75. The lowest BCUT2D eigenvalue weighted by molar-refractivity contribution is -0.894. The van der Waals surface area contributed by atoms with Gasteiger partial charge in [-0.1, -0.05) is 48.5 Å². The van der Waals surface area contributed by atoms with E-state index in [1.54, 1.807) is 0 Å². The molecule has 0 aliphatic carbocycles. The van der Waals surface area contributed by atoms with Gasteiger partial charge in [-0.2, -0.15) is 0 Å². The van der Waals surface area contributed by atoms with Crippen molar-refractivity contribution in [2.45, 2.75) is 19.4 Å². The van der Waals surface area contributed by atoms with Gasteiger partial charge in [0, 0.05) is 6.42 Å². The Kier molecular flexibility index (Phi) is 5.03. The van der Waals surface area contributed by atoms with Crippen LogP contribution in [0.25, 0.3) is 0 Å². The summed E-state index contributed by atoms with van der Waals surface area (Å²) in [7, 11) is 6.59. The summed E-state index contributed by atoms with van der Waals surface area (Å²) >= 11 is 0. The van der Waals surface area contributed by atoms with E-state index in [9.17, 15) is 0 Å². The van der Waals surface area contributed by atoms with Gasteiger partial charge in [0.15, 0.2) is 0 Å². The van der Waals surface area contributed by atoms with Crippen LogP contribution in [0.15, 0.2) is 54.6 Å². The Hall–Kier alpha value is -1.80. The maximum Gasteiger partial charge on any atom is 0.140 e. The zero-order valence-corrected chi connectivity index (χ0v) is 13.5. The Morgan fingerprint density at radius 3 is 2.19 bits per heavy atom. The average molecular weight is 284 g/mol. The molecule has 0 N–H and O–H groups in total. The predicted molar refractivity (Wildman–Crippen MR) is 88.7 cm³/mol. The molecule has 0 saturated carbocycles. The molecular weight excluding hydrogens is 258 g/mol. The lowest BCUT2D eigenvalue weighted by atomic mass is 10.0. The normalized spacial score (nSPS) is 13.0. The van der Waals surface area contributed by atoms with E-state index in [0.29, 0.717) is 6.04 Å². The third-order valence-corrected chi connectivity index (χ3v) is 4.01. The molecule has 0 radical (unpaired) electrons. The topological polar surface area (TPSA) is 9.23 Å². The molecule has 0 heterocycles. The number of hydrogen-bond acceptors (Lipinski definition) is 1. The van der Waals surface area contributed by atoms with Crippen LogP contribution in [0.2, 0.25) is 0 Å². The van der Waals surface area contributed by atoms with Crippen molar-refractivity contribution >= 4 is 0 Å². The Morgan fingerprint density at radius 2 is 1.52 bits per heavy atom. The first-order valence-electron chi connectivity index (χ1n) is 7.52. The Bertz CT molecular complexity index is 557. The molecule has 0 saturated heterocycles. The maximum absolute atomic E-state index is 6.08. The van der Waals surface area contributed by atoms with Crippen LogP contribution in [0, 0.1) is 0 Å². The average Bonchev–Trinajstić information content (AvgIpc) is 2.46. The Balaban J connectivity index is 2.07. The van der Waals surface area contributed by atoms with Gasteiger partial charge in [0.05, 0.1) is 21.1 Å². The van der Waals surface area contributed by atoms with Crippen LogP contribution in [0.5, 0.6) is 5.75 Å². The van der Waals surface area contributed by atoms with Crippen molar-refractivity contribution in [3.8, 4) is 5.75 Å². The summed E-state index contributed by atoms with van der Waals surface area (Å²) in [5.74, 6) is 1.00. The second-order valence-corrected chi connectivity index (χ2v) is 6.55. The molecule has 0 amide bonds. The Morgan fingerprint density at radius 1 is 0.905 bits per heavy atom. The summed E-state index contributed by atoms with van der Waals surface area (Å²) < 4.78 is 6.99. The molecule has 0 aliphatic rings. The number of hydrogen-bond donors (Lipinski definition) is 0. The number of rotatable bonds is 6. The molecule has 2 heteroatoms. The van der Waals surface area contributed by atoms with Crippen LogP contribution in [0.4, 0.5) is 0 Å². The fraction of sp³-hybridized carbons (Fsp3) is 0.368. The number of nitrogens with zero attached hydrogens (tertiary/aromatic N) is 1. The van der Waals surface area contributed by atoms with Crippen LogP contribution >= 0.6 is 0 Å². The van der Waals surface area contributed by atoms with E-state index in [1.807, 2.05) is 6.07 Å². The highest BCUT2D eigenvalue weighted by molar-refractivity contribution is 5.37.